The van der Waals surface area contributed by atoms with E-state index >= 15 is 0 Å². The van der Waals surface area contributed by atoms with Gasteiger partial charge in [0.05, 0.1) is 10.7 Å². The van der Waals surface area contributed by atoms with Crippen molar-refractivity contribution in [3.63, 3.8) is 0 Å². The van der Waals surface area contributed by atoms with Crippen molar-refractivity contribution in [2.45, 2.75) is 39.7 Å². The number of thiazole rings is 1. The molecule has 2 atom stereocenters. The van der Waals surface area contributed by atoms with Crippen molar-refractivity contribution >= 4 is 17.2 Å². The van der Waals surface area contributed by atoms with Crippen LogP contribution < -0.4 is 5.73 Å². The highest BCUT2D eigenvalue weighted by Gasteiger charge is 2.30. The summed E-state index contributed by atoms with van der Waals surface area (Å²) in [6, 6.07) is 0.239. The van der Waals surface area contributed by atoms with Crippen LogP contribution >= 0.6 is 11.3 Å². The minimum Gasteiger partial charge on any atom is -0.337 e. The van der Waals surface area contributed by atoms with E-state index in [0.29, 0.717) is 5.92 Å². The van der Waals surface area contributed by atoms with E-state index in [1.54, 1.807) is 0 Å². The maximum atomic E-state index is 12.5. The number of carbonyl (C=O) groups excluding carboxylic acids is 1. The smallest absolute Gasteiger partial charge is 0.265 e. The fourth-order valence-electron chi connectivity index (χ4n) is 2.54. The van der Waals surface area contributed by atoms with Gasteiger partial charge in [0.15, 0.2) is 0 Å². The summed E-state index contributed by atoms with van der Waals surface area (Å²) in [7, 11) is 0. The largest absolute Gasteiger partial charge is 0.337 e. The molecule has 18 heavy (non-hydrogen) atoms. The van der Waals surface area contributed by atoms with E-state index in [1.165, 1.54) is 11.3 Å². The summed E-state index contributed by atoms with van der Waals surface area (Å²) in [5.41, 5.74) is 6.93. The molecule has 0 spiro atoms. The predicted octanol–water partition coefficient (Wildman–Crippen LogP) is 1.96. The lowest BCUT2D eigenvalue weighted by molar-refractivity contribution is 0.0653. The van der Waals surface area contributed by atoms with Gasteiger partial charge in [0, 0.05) is 19.1 Å². The monoisotopic (exact) mass is 267 g/mol. The summed E-state index contributed by atoms with van der Waals surface area (Å²) < 4.78 is 0. The van der Waals surface area contributed by atoms with Gasteiger partial charge < -0.3 is 10.6 Å². The van der Waals surface area contributed by atoms with Gasteiger partial charge in [-0.25, -0.2) is 4.98 Å². The number of hydrogen-bond donors (Lipinski definition) is 1. The average molecular weight is 267 g/mol. The molecule has 5 heteroatoms. The molecule has 2 N–H and O–H groups in total. The number of aromatic nitrogens is 1. The first-order valence-electron chi connectivity index (χ1n) is 6.51. The van der Waals surface area contributed by atoms with Gasteiger partial charge in [0.2, 0.25) is 0 Å². The normalized spacial score (nSPS) is 24.3. The highest BCUT2D eigenvalue weighted by atomic mass is 32.1. The fraction of sp³-hybridized carbons (Fsp3) is 0.692. The van der Waals surface area contributed by atoms with Crippen molar-refractivity contribution in [2.75, 3.05) is 13.1 Å². The Balaban J connectivity index is 2.12. The molecule has 100 valence electrons. The molecule has 1 aromatic rings. The SMILES string of the molecule is CCC1CN(C(=O)c2sc(C)nc2C)CCC1N. The van der Waals surface area contributed by atoms with Crippen molar-refractivity contribution in [1.29, 1.82) is 0 Å². The summed E-state index contributed by atoms with van der Waals surface area (Å²) in [5.74, 6) is 0.556. The molecule has 4 nitrogen and oxygen atoms in total. The number of nitrogens with two attached hydrogens (primary N) is 1. The van der Waals surface area contributed by atoms with Gasteiger partial charge >= 0.3 is 0 Å². The van der Waals surface area contributed by atoms with Crippen LogP contribution in [0.4, 0.5) is 0 Å². The van der Waals surface area contributed by atoms with E-state index in [-0.39, 0.29) is 11.9 Å². The van der Waals surface area contributed by atoms with Gasteiger partial charge in [0.25, 0.3) is 5.91 Å². The molecule has 1 aliphatic heterocycles. The first-order valence-corrected chi connectivity index (χ1v) is 7.33. The predicted molar refractivity (Wildman–Crippen MR) is 73.9 cm³/mol. The Hall–Kier alpha value is -0.940. The molecule has 1 aliphatic rings. The van der Waals surface area contributed by atoms with Crippen LogP contribution in [0.1, 0.15) is 40.1 Å². The molecule has 2 rings (SSSR count). The van der Waals surface area contributed by atoms with Gasteiger partial charge in [-0.2, -0.15) is 0 Å². The Morgan fingerprint density at radius 3 is 2.83 bits per heavy atom. The number of nitrogens with zero attached hydrogens (tertiary/aromatic N) is 2. The number of aryl methyl sites for hydroxylation is 2. The van der Waals surface area contributed by atoms with Gasteiger partial charge in [-0.1, -0.05) is 13.3 Å². The molecule has 0 aromatic carbocycles. The van der Waals surface area contributed by atoms with Crippen molar-refractivity contribution in [2.24, 2.45) is 11.7 Å². The van der Waals surface area contributed by atoms with E-state index in [0.717, 1.165) is 41.5 Å². The number of hydrogen-bond acceptors (Lipinski definition) is 4. The summed E-state index contributed by atoms with van der Waals surface area (Å²) in [5, 5.41) is 0.955. The molecule has 2 heterocycles. The van der Waals surface area contributed by atoms with Crippen LogP contribution in [0.25, 0.3) is 0 Å². The van der Waals surface area contributed by atoms with Crippen LogP contribution in [-0.2, 0) is 0 Å². The van der Waals surface area contributed by atoms with Crippen LogP contribution in [-0.4, -0.2) is 34.9 Å². The van der Waals surface area contributed by atoms with E-state index in [1.807, 2.05) is 18.7 Å². The topological polar surface area (TPSA) is 59.2 Å². The number of piperidine rings is 1. The first kappa shape index (κ1) is 13.5. The molecule has 0 radical (unpaired) electrons. The van der Waals surface area contributed by atoms with Crippen LogP contribution in [0.5, 0.6) is 0 Å². The Labute approximate surface area is 112 Å². The zero-order chi connectivity index (χ0) is 13.3. The third kappa shape index (κ3) is 2.57. The number of amides is 1. The van der Waals surface area contributed by atoms with Crippen molar-refractivity contribution in [3.05, 3.63) is 15.6 Å². The van der Waals surface area contributed by atoms with E-state index < -0.39 is 0 Å². The van der Waals surface area contributed by atoms with E-state index in [9.17, 15) is 4.79 Å². The molecule has 1 aromatic heterocycles. The summed E-state index contributed by atoms with van der Waals surface area (Å²) in [6.07, 6.45) is 1.94. The van der Waals surface area contributed by atoms with E-state index in [2.05, 4.69) is 11.9 Å². The summed E-state index contributed by atoms with van der Waals surface area (Å²) >= 11 is 1.49. The second kappa shape index (κ2) is 5.36. The maximum absolute atomic E-state index is 12.5. The summed E-state index contributed by atoms with van der Waals surface area (Å²) in [4.78, 5) is 19.5. The van der Waals surface area contributed by atoms with Crippen LogP contribution in [0.3, 0.4) is 0 Å². The lowest BCUT2D eigenvalue weighted by atomic mass is 9.90. The van der Waals surface area contributed by atoms with Crippen molar-refractivity contribution < 1.29 is 4.79 Å². The minimum atomic E-state index is 0.128. The Bertz CT molecular complexity index is 443. The second-order valence-electron chi connectivity index (χ2n) is 5.02. The zero-order valence-corrected chi connectivity index (χ0v) is 12.1. The summed E-state index contributed by atoms with van der Waals surface area (Å²) in [6.45, 7) is 7.54. The molecule has 0 bridgehead atoms. The lowest BCUT2D eigenvalue weighted by Gasteiger charge is -2.36. The third-order valence-corrected chi connectivity index (χ3v) is 4.76. The Morgan fingerprint density at radius 1 is 1.56 bits per heavy atom. The highest BCUT2D eigenvalue weighted by molar-refractivity contribution is 7.13. The van der Waals surface area contributed by atoms with Gasteiger partial charge in [-0.3, -0.25) is 4.79 Å². The molecule has 1 fully saturated rings. The molecule has 1 amide bonds. The minimum absolute atomic E-state index is 0.128. The molecular weight excluding hydrogens is 246 g/mol. The third-order valence-electron chi connectivity index (χ3n) is 3.70. The molecule has 0 saturated carbocycles. The fourth-order valence-corrected chi connectivity index (χ4v) is 3.43. The quantitative estimate of drug-likeness (QED) is 0.891. The highest BCUT2D eigenvalue weighted by Crippen LogP contribution is 2.24. The first-order chi connectivity index (χ1) is 8.52. The maximum Gasteiger partial charge on any atom is 0.265 e. The molecule has 1 saturated heterocycles. The molecule has 2 unspecified atom stereocenters. The second-order valence-corrected chi connectivity index (χ2v) is 6.22. The number of rotatable bonds is 2. The van der Waals surface area contributed by atoms with Crippen LogP contribution in [0.2, 0.25) is 0 Å². The Kier molecular flexibility index (Phi) is 4.02. The average Bonchev–Trinajstić information content (AvgIpc) is 2.68. The Morgan fingerprint density at radius 2 is 2.28 bits per heavy atom. The van der Waals surface area contributed by atoms with Crippen molar-refractivity contribution in [1.82, 2.24) is 9.88 Å². The van der Waals surface area contributed by atoms with E-state index in [4.69, 9.17) is 5.73 Å². The molecular formula is C13H21N3OS. The number of likely N-dealkylation sites (tertiary alicyclic amines) is 1. The van der Waals surface area contributed by atoms with Crippen molar-refractivity contribution in [3.8, 4) is 0 Å². The van der Waals surface area contributed by atoms with Gasteiger partial charge in [-0.05, 0) is 26.2 Å². The zero-order valence-electron chi connectivity index (χ0n) is 11.3. The van der Waals surface area contributed by atoms with Crippen LogP contribution in [0.15, 0.2) is 0 Å². The standard InChI is InChI=1S/C13H21N3OS/c1-4-10-7-16(6-5-11(10)14)13(17)12-8(2)15-9(3)18-12/h10-11H,4-7,14H2,1-3H3. The van der Waals surface area contributed by atoms with Gasteiger partial charge in [-0.15, -0.1) is 11.3 Å². The van der Waals surface area contributed by atoms with Crippen LogP contribution in [0, 0.1) is 19.8 Å². The molecule has 0 aliphatic carbocycles. The number of carbonyl (C=O) groups is 1. The lowest BCUT2D eigenvalue weighted by Crippen LogP contribution is -2.48. The van der Waals surface area contributed by atoms with Gasteiger partial charge in [0.1, 0.15) is 4.88 Å².